The first-order valence-electron chi connectivity index (χ1n) is 9.07. The van der Waals surface area contributed by atoms with E-state index in [9.17, 15) is 14.9 Å². The Kier molecular flexibility index (Phi) is 6.63. The molecule has 0 aromatic heterocycles. The Labute approximate surface area is 179 Å². The van der Waals surface area contributed by atoms with Crippen LogP contribution in [0.4, 0.5) is 5.69 Å². The number of amides is 2. The summed E-state index contributed by atoms with van der Waals surface area (Å²) in [7, 11) is 0. The number of anilines is 1. The topological polar surface area (TPSA) is 82.0 Å². The van der Waals surface area contributed by atoms with Crippen molar-refractivity contribution in [3.05, 3.63) is 74.8 Å². The van der Waals surface area contributed by atoms with Gasteiger partial charge in [-0.1, -0.05) is 59.3 Å². The highest BCUT2D eigenvalue weighted by atomic mass is 35.5. The molecule has 2 N–H and O–H groups in total. The molecule has 3 rings (SSSR count). The van der Waals surface area contributed by atoms with E-state index in [1.54, 1.807) is 12.1 Å². The molecule has 29 heavy (non-hydrogen) atoms. The summed E-state index contributed by atoms with van der Waals surface area (Å²) in [4.78, 5) is 24.5. The number of thioether (sulfide) groups is 1. The predicted molar refractivity (Wildman–Crippen MR) is 117 cm³/mol. The van der Waals surface area contributed by atoms with Gasteiger partial charge in [-0.3, -0.25) is 9.59 Å². The Morgan fingerprint density at radius 3 is 2.66 bits per heavy atom. The maximum atomic E-state index is 12.3. The van der Waals surface area contributed by atoms with Gasteiger partial charge in [0.05, 0.1) is 22.4 Å². The van der Waals surface area contributed by atoms with E-state index >= 15 is 0 Å². The number of nitrogens with one attached hydrogen (secondary N) is 2. The van der Waals surface area contributed by atoms with Gasteiger partial charge in [-0.05, 0) is 37.1 Å². The van der Waals surface area contributed by atoms with E-state index in [1.807, 2.05) is 44.2 Å². The Morgan fingerprint density at radius 1 is 1.28 bits per heavy atom. The van der Waals surface area contributed by atoms with Crippen LogP contribution in [0, 0.1) is 25.2 Å². The van der Waals surface area contributed by atoms with E-state index in [-0.39, 0.29) is 29.9 Å². The lowest BCUT2D eigenvalue weighted by atomic mass is 9.87. The molecule has 5 nitrogen and oxygen atoms in total. The van der Waals surface area contributed by atoms with E-state index in [4.69, 9.17) is 11.6 Å². The normalized spacial score (nSPS) is 16.2. The third-order valence-electron chi connectivity index (χ3n) is 4.64. The van der Waals surface area contributed by atoms with Gasteiger partial charge in [0.1, 0.15) is 0 Å². The summed E-state index contributed by atoms with van der Waals surface area (Å²) in [6, 6.07) is 15.3. The molecule has 148 valence electrons. The second kappa shape index (κ2) is 9.17. The first kappa shape index (κ1) is 21.0. The summed E-state index contributed by atoms with van der Waals surface area (Å²) in [5.74, 6) is -0.655. The molecule has 2 aromatic carbocycles. The van der Waals surface area contributed by atoms with Crippen molar-refractivity contribution in [2.75, 3.05) is 11.1 Å². The van der Waals surface area contributed by atoms with Crippen molar-refractivity contribution in [2.24, 2.45) is 0 Å². The van der Waals surface area contributed by atoms with Crippen LogP contribution in [0.25, 0.3) is 0 Å². The predicted octanol–water partition coefficient (Wildman–Crippen LogP) is 4.67. The number of halogens is 1. The Hall–Kier alpha value is -2.75. The molecule has 0 spiro atoms. The van der Waals surface area contributed by atoms with Crippen LogP contribution in [0.15, 0.2) is 53.1 Å². The van der Waals surface area contributed by atoms with Crippen LogP contribution in [0.5, 0.6) is 0 Å². The van der Waals surface area contributed by atoms with Crippen molar-refractivity contribution in [3.63, 3.8) is 0 Å². The molecule has 2 amide bonds. The highest BCUT2D eigenvalue weighted by Crippen LogP contribution is 2.36. The number of carbonyl (C=O) groups is 2. The molecular formula is C22H20ClN3O2S. The Balaban J connectivity index is 1.74. The number of rotatable bonds is 5. The minimum atomic E-state index is -0.309. The molecule has 1 aliphatic heterocycles. The van der Waals surface area contributed by atoms with Crippen molar-refractivity contribution >= 4 is 40.9 Å². The smallest absolute Gasteiger partial charge is 0.234 e. The summed E-state index contributed by atoms with van der Waals surface area (Å²) < 4.78 is 0. The quantitative estimate of drug-likeness (QED) is 0.729. The number of benzene rings is 2. The molecule has 2 aromatic rings. The second-order valence-corrected chi connectivity index (χ2v) is 8.26. The average molecular weight is 426 g/mol. The number of nitrogens with zero attached hydrogens (tertiary/aromatic N) is 1. The Morgan fingerprint density at radius 2 is 2.00 bits per heavy atom. The molecule has 1 heterocycles. The number of hydrogen-bond donors (Lipinski definition) is 2. The van der Waals surface area contributed by atoms with Gasteiger partial charge in [0, 0.05) is 23.0 Å². The summed E-state index contributed by atoms with van der Waals surface area (Å²) in [5.41, 5.74) is 4.03. The van der Waals surface area contributed by atoms with E-state index in [0.717, 1.165) is 28.5 Å². The molecule has 0 fully saturated rings. The third kappa shape index (κ3) is 5.20. The molecule has 0 saturated heterocycles. The minimum Gasteiger partial charge on any atom is -0.325 e. The first-order valence-corrected chi connectivity index (χ1v) is 10.4. The van der Waals surface area contributed by atoms with Crippen LogP contribution < -0.4 is 10.6 Å². The average Bonchev–Trinajstić information content (AvgIpc) is 2.69. The number of aryl methyl sites for hydroxylation is 2. The van der Waals surface area contributed by atoms with Crippen molar-refractivity contribution in [1.29, 1.82) is 5.26 Å². The standard InChI is InChI=1S/C22H20ClN3O2S/c1-13-3-6-15(7-4-13)17-10-20(27)26-22(18(17)11-24)29-12-21(28)25-16-8-5-14(2)19(23)9-16/h3-9,17H,10,12H2,1-2H3,(H,25,28)(H,26,27)/t17-/m0/s1. The van der Waals surface area contributed by atoms with Crippen LogP contribution in [0.1, 0.15) is 29.0 Å². The molecule has 0 aliphatic carbocycles. The molecule has 0 unspecified atom stereocenters. The van der Waals surface area contributed by atoms with Gasteiger partial charge in [0.15, 0.2) is 0 Å². The monoisotopic (exact) mass is 425 g/mol. The van der Waals surface area contributed by atoms with Crippen LogP contribution >= 0.6 is 23.4 Å². The van der Waals surface area contributed by atoms with Crippen molar-refractivity contribution in [1.82, 2.24) is 5.32 Å². The maximum absolute atomic E-state index is 12.3. The van der Waals surface area contributed by atoms with Crippen LogP contribution in [0.3, 0.4) is 0 Å². The lowest BCUT2D eigenvalue weighted by molar-refractivity contribution is -0.121. The zero-order valence-electron chi connectivity index (χ0n) is 16.1. The molecule has 0 saturated carbocycles. The summed E-state index contributed by atoms with van der Waals surface area (Å²) in [6.07, 6.45) is 0.212. The van der Waals surface area contributed by atoms with Crippen LogP contribution in [0.2, 0.25) is 5.02 Å². The molecule has 1 aliphatic rings. The number of allylic oxidation sites excluding steroid dienone is 1. The van der Waals surface area contributed by atoms with Crippen LogP contribution in [-0.2, 0) is 9.59 Å². The van der Waals surface area contributed by atoms with E-state index < -0.39 is 0 Å². The number of nitriles is 1. The Bertz CT molecular complexity index is 1030. The van der Waals surface area contributed by atoms with Gasteiger partial charge in [0.25, 0.3) is 0 Å². The summed E-state index contributed by atoms with van der Waals surface area (Å²) >= 11 is 7.24. The van der Waals surface area contributed by atoms with Gasteiger partial charge >= 0.3 is 0 Å². The van der Waals surface area contributed by atoms with E-state index in [2.05, 4.69) is 16.7 Å². The van der Waals surface area contributed by atoms with E-state index in [1.165, 1.54) is 0 Å². The molecular weight excluding hydrogens is 406 g/mol. The zero-order chi connectivity index (χ0) is 21.0. The fraction of sp³-hybridized carbons (Fsp3) is 0.227. The van der Waals surface area contributed by atoms with Gasteiger partial charge in [-0.2, -0.15) is 5.26 Å². The second-order valence-electron chi connectivity index (χ2n) is 6.87. The first-order chi connectivity index (χ1) is 13.9. The lowest BCUT2D eigenvalue weighted by Crippen LogP contribution is -2.31. The molecule has 1 atom stereocenters. The van der Waals surface area contributed by atoms with Crippen molar-refractivity contribution < 1.29 is 9.59 Å². The fourth-order valence-corrected chi connectivity index (χ4v) is 4.08. The highest BCUT2D eigenvalue weighted by molar-refractivity contribution is 8.03. The van der Waals surface area contributed by atoms with Gasteiger partial charge < -0.3 is 10.6 Å². The molecule has 7 heteroatoms. The third-order valence-corrected chi connectivity index (χ3v) is 6.06. The largest absolute Gasteiger partial charge is 0.325 e. The van der Waals surface area contributed by atoms with Gasteiger partial charge in [-0.15, -0.1) is 0 Å². The summed E-state index contributed by atoms with van der Waals surface area (Å²) in [5, 5.41) is 16.2. The SMILES string of the molecule is Cc1ccc([C@@H]2CC(=O)NC(SCC(=O)Nc3ccc(C)c(Cl)c3)=C2C#N)cc1. The van der Waals surface area contributed by atoms with Crippen molar-refractivity contribution in [2.45, 2.75) is 26.2 Å². The summed E-state index contributed by atoms with van der Waals surface area (Å²) in [6.45, 7) is 3.87. The lowest BCUT2D eigenvalue weighted by Gasteiger charge is -2.25. The number of hydrogen-bond acceptors (Lipinski definition) is 4. The van der Waals surface area contributed by atoms with Crippen LogP contribution in [-0.4, -0.2) is 17.6 Å². The maximum Gasteiger partial charge on any atom is 0.234 e. The van der Waals surface area contributed by atoms with Gasteiger partial charge in [-0.25, -0.2) is 0 Å². The van der Waals surface area contributed by atoms with Crippen molar-refractivity contribution in [3.8, 4) is 6.07 Å². The molecule has 0 radical (unpaired) electrons. The highest BCUT2D eigenvalue weighted by Gasteiger charge is 2.29. The fourth-order valence-electron chi connectivity index (χ4n) is 3.02. The molecule has 0 bridgehead atoms. The zero-order valence-corrected chi connectivity index (χ0v) is 17.7. The van der Waals surface area contributed by atoms with E-state index in [0.29, 0.717) is 21.3 Å². The van der Waals surface area contributed by atoms with Gasteiger partial charge in [0.2, 0.25) is 11.8 Å². The minimum absolute atomic E-state index is 0.0624. The number of carbonyl (C=O) groups excluding carboxylic acids is 2.